The van der Waals surface area contributed by atoms with E-state index in [0.717, 1.165) is 23.7 Å². The molecule has 3 heteroatoms. The van der Waals surface area contributed by atoms with Crippen molar-refractivity contribution in [3.8, 4) is 0 Å². The molecule has 0 aromatic carbocycles. The molecule has 8 bridgehead atoms. The van der Waals surface area contributed by atoms with Gasteiger partial charge >= 0.3 is 0 Å². The largest absolute Gasteiger partial charge is 0.300 e. The van der Waals surface area contributed by atoms with Gasteiger partial charge in [-0.15, -0.1) is 10.3 Å². The standard InChI is InChI=1S/C23H32NO2/c25-21-11-22(17-3-13-1-14(5-17)6-18(22)4-13)24(26)23(12-21)19-7-15-2-16(9-19)10-20(23)8-15/h13-20H,1-12H2. The molecule has 26 heavy (non-hydrogen) atoms. The summed E-state index contributed by atoms with van der Waals surface area (Å²) in [5.41, 5.74) is -0.587. The van der Waals surface area contributed by atoms with Gasteiger partial charge in [0.1, 0.15) is 5.78 Å². The number of hydroxylamine groups is 2. The molecule has 2 spiro atoms. The minimum atomic E-state index is -0.294. The Labute approximate surface area is 156 Å². The first-order valence-electron chi connectivity index (χ1n) is 11.6. The number of hydrogen-bond acceptors (Lipinski definition) is 2. The van der Waals surface area contributed by atoms with Gasteiger partial charge in [-0.25, -0.2) is 0 Å². The average Bonchev–Trinajstić information content (AvgIpc) is 2.59. The monoisotopic (exact) mass is 354 g/mol. The van der Waals surface area contributed by atoms with Crippen LogP contribution in [0.3, 0.4) is 0 Å². The van der Waals surface area contributed by atoms with Gasteiger partial charge in [0.05, 0.1) is 11.1 Å². The van der Waals surface area contributed by atoms with E-state index in [1.807, 2.05) is 0 Å². The summed E-state index contributed by atoms with van der Waals surface area (Å²) in [7, 11) is 0. The van der Waals surface area contributed by atoms with E-state index in [0.29, 0.717) is 42.3 Å². The van der Waals surface area contributed by atoms with Crippen molar-refractivity contribution in [1.82, 2.24) is 5.06 Å². The van der Waals surface area contributed by atoms with E-state index in [4.69, 9.17) is 0 Å². The van der Waals surface area contributed by atoms with Gasteiger partial charge in [-0.2, -0.15) is 0 Å². The Morgan fingerprint density at radius 2 is 0.885 bits per heavy atom. The minimum Gasteiger partial charge on any atom is -0.300 e. The number of Topliss-reactive ketones (excluding diaryl/α,β-unsaturated/α-hetero) is 1. The lowest BCUT2D eigenvalue weighted by Gasteiger charge is -2.71. The summed E-state index contributed by atoms with van der Waals surface area (Å²) in [6.07, 6.45) is 14.0. The predicted octanol–water partition coefficient (Wildman–Crippen LogP) is 4.39. The van der Waals surface area contributed by atoms with Crippen molar-refractivity contribution in [3.05, 3.63) is 0 Å². The first-order chi connectivity index (χ1) is 12.6. The molecule has 0 unspecified atom stereocenters. The second-order valence-electron chi connectivity index (χ2n) is 11.8. The third-order valence-electron chi connectivity index (χ3n) is 10.8. The molecule has 1 saturated heterocycles. The van der Waals surface area contributed by atoms with Crippen LogP contribution >= 0.6 is 0 Å². The molecular weight excluding hydrogens is 322 g/mol. The zero-order valence-corrected chi connectivity index (χ0v) is 15.9. The first-order valence-corrected chi connectivity index (χ1v) is 11.6. The van der Waals surface area contributed by atoms with Gasteiger partial charge in [-0.1, -0.05) is 0 Å². The number of carbonyl (C=O) groups is 1. The molecule has 8 saturated carbocycles. The highest BCUT2D eigenvalue weighted by Gasteiger charge is 2.71. The van der Waals surface area contributed by atoms with E-state index in [1.165, 1.54) is 64.2 Å². The first kappa shape index (κ1) is 15.5. The zero-order valence-electron chi connectivity index (χ0n) is 15.9. The summed E-state index contributed by atoms with van der Waals surface area (Å²) < 4.78 is 0. The molecule has 9 rings (SSSR count). The zero-order chi connectivity index (χ0) is 17.3. The summed E-state index contributed by atoms with van der Waals surface area (Å²) in [6.45, 7) is 0. The van der Waals surface area contributed by atoms with Crippen LogP contribution in [0.5, 0.6) is 0 Å². The van der Waals surface area contributed by atoms with E-state index in [-0.39, 0.29) is 11.1 Å². The van der Waals surface area contributed by atoms with E-state index in [9.17, 15) is 10.0 Å². The molecular formula is C23H32NO2. The number of ketones is 1. The van der Waals surface area contributed by atoms with Crippen LogP contribution < -0.4 is 0 Å². The molecule has 1 radical (unpaired) electrons. The van der Waals surface area contributed by atoms with Gasteiger partial charge in [0, 0.05) is 12.8 Å². The minimum absolute atomic E-state index is 0.294. The van der Waals surface area contributed by atoms with E-state index >= 15 is 0 Å². The molecule has 1 aliphatic heterocycles. The fraction of sp³-hybridized carbons (Fsp3) is 0.957. The molecule has 0 N–H and O–H groups in total. The lowest BCUT2D eigenvalue weighted by atomic mass is 9.42. The number of nitrogens with zero attached hydrogens (tertiary/aromatic N) is 1. The summed E-state index contributed by atoms with van der Waals surface area (Å²) in [6, 6.07) is 0. The van der Waals surface area contributed by atoms with Gasteiger partial charge in [-0.3, -0.25) is 4.79 Å². The van der Waals surface area contributed by atoms with Crippen molar-refractivity contribution in [1.29, 1.82) is 0 Å². The van der Waals surface area contributed by atoms with Crippen LogP contribution in [0.25, 0.3) is 0 Å². The van der Waals surface area contributed by atoms with Gasteiger partial charge in [0.25, 0.3) is 0 Å². The van der Waals surface area contributed by atoms with E-state index in [1.54, 1.807) is 5.06 Å². The summed E-state index contributed by atoms with van der Waals surface area (Å²) in [5, 5.41) is 16.2. The molecule has 8 aliphatic carbocycles. The lowest BCUT2D eigenvalue weighted by Crippen LogP contribution is -2.78. The summed E-state index contributed by atoms with van der Waals surface area (Å²) in [4.78, 5) is 13.2. The molecule has 0 aromatic rings. The fourth-order valence-electron chi connectivity index (χ4n) is 10.5. The molecule has 9 fully saturated rings. The van der Waals surface area contributed by atoms with Crippen LogP contribution in [-0.4, -0.2) is 21.9 Å². The molecule has 0 amide bonds. The highest BCUT2D eigenvalue weighted by molar-refractivity contribution is 5.82. The van der Waals surface area contributed by atoms with Crippen LogP contribution in [0.2, 0.25) is 0 Å². The van der Waals surface area contributed by atoms with Gasteiger partial charge in [0.2, 0.25) is 0 Å². The van der Waals surface area contributed by atoms with Gasteiger partial charge < -0.3 is 0 Å². The molecule has 1 heterocycles. The predicted molar refractivity (Wildman–Crippen MR) is 96.3 cm³/mol. The number of hydrogen-bond donors (Lipinski definition) is 0. The maximum atomic E-state index is 14.5. The van der Waals surface area contributed by atoms with E-state index in [2.05, 4.69) is 0 Å². The second-order valence-corrected chi connectivity index (χ2v) is 11.8. The summed E-state index contributed by atoms with van der Waals surface area (Å²) >= 11 is 0. The highest BCUT2D eigenvalue weighted by Crippen LogP contribution is 2.69. The van der Waals surface area contributed by atoms with Crippen molar-refractivity contribution in [2.24, 2.45) is 47.3 Å². The Balaban J connectivity index is 1.35. The molecule has 141 valence electrons. The Hall–Kier alpha value is -0.410. The Morgan fingerprint density at radius 1 is 0.577 bits per heavy atom. The number of rotatable bonds is 0. The second kappa shape index (κ2) is 4.76. The smallest absolute Gasteiger partial charge is 0.136 e. The molecule has 0 atom stereocenters. The van der Waals surface area contributed by atoms with Crippen LogP contribution in [-0.2, 0) is 10.0 Å². The van der Waals surface area contributed by atoms with Crippen molar-refractivity contribution < 1.29 is 10.0 Å². The van der Waals surface area contributed by atoms with Crippen LogP contribution in [0, 0.1) is 47.3 Å². The van der Waals surface area contributed by atoms with Crippen molar-refractivity contribution >= 4 is 5.78 Å². The number of carbonyl (C=O) groups excluding carboxylic acids is 1. The third-order valence-corrected chi connectivity index (χ3v) is 10.8. The fourth-order valence-corrected chi connectivity index (χ4v) is 10.5. The molecule has 0 aromatic heterocycles. The van der Waals surface area contributed by atoms with Gasteiger partial charge in [-0.05, 0) is 112 Å². The van der Waals surface area contributed by atoms with Crippen molar-refractivity contribution in [2.75, 3.05) is 0 Å². The van der Waals surface area contributed by atoms with Crippen molar-refractivity contribution in [2.45, 2.75) is 88.1 Å². The Bertz CT molecular complexity index is 559. The Kier molecular flexibility index (Phi) is 2.84. The maximum Gasteiger partial charge on any atom is 0.136 e. The maximum absolute atomic E-state index is 14.5. The Morgan fingerprint density at radius 3 is 1.19 bits per heavy atom. The SMILES string of the molecule is [O]N1C2(CC(=O)CC13C1CC4CC(C1)CC3C4)C1CC3CC(C1)CC2C3. The quantitative estimate of drug-likeness (QED) is 0.647. The molecule has 9 aliphatic rings. The van der Waals surface area contributed by atoms with Crippen molar-refractivity contribution in [3.63, 3.8) is 0 Å². The highest BCUT2D eigenvalue weighted by atomic mass is 16.5. The van der Waals surface area contributed by atoms with Crippen LogP contribution in [0.15, 0.2) is 0 Å². The summed E-state index contributed by atoms with van der Waals surface area (Å²) in [5.74, 6) is 6.00. The topological polar surface area (TPSA) is 40.2 Å². The van der Waals surface area contributed by atoms with Crippen LogP contribution in [0.4, 0.5) is 0 Å². The normalized spacial score (nSPS) is 62.7. The number of piperidine rings is 1. The third kappa shape index (κ3) is 1.64. The average molecular weight is 355 g/mol. The molecule has 3 nitrogen and oxygen atoms in total. The van der Waals surface area contributed by atoms with Gasteiger partial charge in [0.15, 0.2) is 0 Å². The lowest BCUT2D eigenvalue weighted by molar-refractivity contribution is -0.377. The van der Waals surface area contributed by atoms with E-state index < -0.39 is 0 Å². The van der Waals surface area contributed by atoms with Crippen LogP contribution in [0.1, 0.15) is 77.0 Å².